The molecule has 2 aliphatic rings. The van der Waals surface area contributed by atoms with Crippen molar-refractivity contribution in [3.8, 4) is 0 Å². The van der Waals surface area contributed by atoms with Gasteiger partial charge in [-0.15, -0.1) is 0 Å². The van der Waals surface area contributed by atoms with Crippen LogP contribution in [0.1, 0.15) is 88.2 Å². The molecule has 0 atom stereocenters. The van der Waals surface area contributed by atoms with E-state index in [0.717, 1.165) is 92.5 Å². The molecule has 0 unspecified atom stereocenters. The Kier molecular flexibility index (Phi) is 17.9. The number of amides is 2. The number of nitrogens with one attached hydrogen (secondary N) is 4. The number of hydrogen-bond acceptors (Lipinski definition) is 8. The van der Waals surface area contributed by atoms with Crippen molar-refractivity contribution in [3.05, 3.63) is 176 Å². The van der Waals surface area contributed by atoms with E-state index in [2.05, 4.69) is 55.3 Å². The minimum absolute atomic E-state index is 0.105. The summed E-state index contributed by atoms with van der Waals surface area (Å²) in [5, 5.41) is 36.4. The van der Waals surface area contributed by atoms with Crippen LogP contribution < -0.4 is 16.4 Å². The Balaban J connectivity index is 0.000000190. The number of halogens is 4. The molecular weight excluding hydrogens is 837 g/mol. The van der Waals surface area contributed by atoms with Crippen LogP contribution in [0.3, 0.4) is 0 Å². The average Bonchev–Trinajstić information content (AvgIpc) is 3.95. The van der Waals surface area contributed by atoms with Crippen molar-refractivity contribution in [1.29, 1.82) is 0 Å². The van der Waals surface area contributed by atoms with Crippen molar-refractivity contribution in [2.75, 3.05) is 26.2 Å². The highest BCUT2D eigenvalue weighted by Gasteiger charge is 2.29. The number of fused-ring (bicyclic) bond motifs is 2. The molecule has 0 aliphatic carbocycles. The summed E-state index contributed by atoms with van der Waals surface area (Å²) in [4.78, 5) is 47.5. The molecule has 336 valence electrons. The number of carboxylic acid groups (broad SMARTS) is 2. The fraction of sp³-hybridized carbons (Fsp3) is 0.261. The highest BCUT2D eigenvalue weighted by atomic mass is 19.1. The highest BCUT2D eigenvalue weighted by molar-refractivity contribution is 5.96. The minimum atomic E-state index is -1.47. The summed E-state index contributed by atoms with van der Waals surface area (Å²) in [7, 11) is 0. The number of carbonyl (C=O) groups excluding carboxylic acids is 2. The SMILES string of the molecule is NCCCc1ccccc1.O=C(NCCCc1ccccc1)c1n[nH]c2c1CN(C(=O)c1cc(F)ccc1F)CC2.O=C(O)c1cc(F)ccc1F.O=C(O)c1n[nH]c2c1CNCC2. The molecule has 2 aromatic heterocycles. The molecule has 0 spiro atoms. The predicted molar refractivity (Wildman–Crippen MR) is 229 cm³/mol. The maximum absolute atomic E-state index is 14.0. The number of benzene rings is 4. The molecule has 4 heterocycles. The minimum Gasteiger partial charge on any atom is -0.478 e. The molecule has 6 aromatic rings. The van der Waals surface area contributed by atoms with Gasteiger partial charge in [-0.25, -0.2) is 27.2 Å². The summed E-state index contributed by atoms with van der Waals surface area (Å²) in [6.45, 7) is 3.19. The summed E-state index contributed by atoms with van der Waals surface area (Å²) in [5.41, 5.74) is 10.5. The second-order valence-electron chi connectivity index (χ2n) is 14.5. The van der Waals surface area contributed by atoms with Gasteiger partial charge in [0, 0.05) is 61.5 Å². The fourth-order valence-corrected chi connectivity index (χ4v) is 6.73. The number of aromatic carboxylic acids is 2. The molecule has 0 saturated carbocycles. The normalized spacial score (nSPS) is 12.4. The van der Waals surface area contributed by atoms with Gasteiger partial charge >= 0.3 is 11.9 Å². The van der Waals surface area contributed by atoms with Crippen LogP contribution in [-0.2, 0) is 38.8 Å². The van der Waals surface area contributed by atoms with Gasteiger partial charge in [0.25, 0.3) is 11.8 Å². The van der Waals surface area contributed by atoms with Gasteiger partial charge in [-0.1, -0.05) is 60.7 Å². The van der Waals surface area contributed by atoms with Gasteiger partial charge < -0.3 is 31.5 Å². The first-order valence-electron chi connectivity index (χ1n) is 20.4. The monoisotopic (exact) mass is 884 g/mol. The van der Waals surface area contributed by atoms with Gasteiger partial charge in [-0.3, -0.25) is 19.8 Å². The largest absolute Gasteiger partial charge is 0.478 e. The van der Waals surface area contributed by atoms with Crippen LogP contribution in [0.2, 0.25) is 0 Å². The Morgan fingerprint density at radius 2 is 1.25 bits per heavy atom. The summed E-state index contributed by atoms with van der Waals surface area (Å²) >= 11 is 0. The number of H-pyrrole nitrogens is 2. The molecule has 0 radical (unpaired) electrons. The zero-order valence-corrected chi connectivity index (χ0v) is 34.7. The number of hydrogen-bond donors (Lipinski definition) is 7. The number of aromatic amines is 2. The Morgan fingerprint density at radius 3 is 1.83 bits per heavy atom. The molecule has 8 rings (SSSR count). The van der Waals surface area contributed by atoms with Gasteiger partial charge in [0.05, 0.1) is 17.7 Å². The zero-order valence-electron chi connectivity index (χ0n) is 34.7. The molecule has 64 heavy (non-hydrogen) atoms. The first-order chi connectivity index (χ1) is 30.9. The standard InChI is InChI=1S/C23H22F2N4O2.C9H13N.C7H4F2O2.C7H9N3O2/c24-16-8-9-19(25)17(13-16)23(31)29-12-10-20-18(14-29)21(28-27-20)22(30)26-11-4-7-15-5-2-1-3-6-15;10-8-4-7-9-5-2-1-3-6-9;8-4-1-2-6(9)5(3-4)7(10)11;11-7(12)6-4-3-8-2-1-5(4)9-10-6/h1-3,5-6,8-9,13H,4,7,10-12,14H2,(H,26,30)(H,27,28);1-3,5-6H,4,7-8,10H2;1-3H,(H,10,11);8H,1-3H2,(H,9,10)(H,11,12). The topological polar surface area (TPSA) is 219 Å². The third kappa shape index (κ3) is 13.7. The van der Waals surface area contributed by atoms with E-state index in [1.54, 1.807) is 0 Å². The fourth-order valence-electron chi connectivity index (χ4n) is 6.73. The lowest BCUT2D eigenvalue weighted by atomic mass is 10.0. The molecular formula is C46H48F4N8O6. The smallest absolute Gasteiger partial charge is 0.356 e. The molecule has 4 aromatic carbocycles. The molecule has 2 amide bonds. The lowest BCUT2D eigenvalue weighted by Gasteiger charge is -2.27. The van der Waals surface area contributed by atoms with Crippen LogP contribution in [-0.4, -0.2) is 85.4 Å². The van der Waals surface area contributed by atoms with E-state index in [1.807, 2.05) is 36.4 Å². The second-order valence-corrected chi connectivity index (χ2v) is 14.5. The number of nitrogens with zero attached hydrogens (tertiary/aromatic N) is 3. The molecule has 0 fully saturated rings. The first kappa shape index (κ1) is 47.9. The summed E-state index contributed by atoms with van der Waals surface area (Å²) < 4.78 is 52.3. The number of aryl methyl sites for hydroxylation is 2. The van der Waals surface area contributed by atoms with Crippen molar-refractivity contribution in [1.82, 2.24) is 35.9 Å². The van der Waals surface area contributed by atoms with Crippen LogP contribution in [0.4, 0.5) is 17.6 Å². The van der Waals surface area contributed by atoms with Gasteiger partial charge in [0.1, 0.15) is 23.3 Å². The highest BCUT2D eigenvalue weighted by Crippen LogP contribution is 2.23. The Morgan fingerprint density at radius 1 is 0.688 bits per heavy atom. The van der Waals surface area contributed by atoms with Crippen molar-refractivity contribution in [3.63, 3.8) is 0 Å². The summed E-state index contributed by atoms with van der Waals surface area (Å²) in [6, 6.07) is 25.5. The van der Waals surface area contributed by atoms with E-state index < -0.39 is 46.7 Å². The predicted octanol–water partition coefficient (Wildman–Crippen LogP) is 6.24. The van der Waals surface area contributed by atoms with Crippen molar-refractivity contribution < 1.29 is 47.0 Å². The second kappa shape index (κ2) is 23.9. The molecule has 18 heteroatoms. The number of aromatic nitrogens is 4. The van der Waals surface area contributed by atoms with Crippen LogP contribution >= 0.6 is 0 Å². The van der Waals surface area contributed by atoms with Gasteiger partial charge in [0.2, 0.25) is 0 Å². The Hall–Kier alpha value is -7.18. The Bertz CT molecular complexity index is 2500. The van der Waals surface area contributed by atoms with Crippen molar-refractivity contribution >= 4 is 23.8 Å². The van der Waals surface area contributed by atoms with Crippen LogP contribution in [0, 0.1) is 23.3 Å². The van der Waals surface area contributed by atoms with Gasteiger partial charge in [-0.05, 0) is 79.8 Å². The molecule has 0 bridgehead atoms. The first-order valence-corrected chi connectivity index (χ1v) is 20.4. The number of carboxylic acids is 2. The van der Waals surface area contributed by atoms with Gasteiger partial charge in [-0.2, -0.15) is 10.2 Å². The van der Waals surface area contributed by atoms with Crippen LogP contribution in [0.15, 0.2) is 97.1 Å². The average molecular weight is 885 g/mol. The summed E-state index contributed by atoms with van der Waals surface area (Å²) in [5.74, 6) is -6.52. The molecule has 14 nitrogen and oxygen atoms in total. The van der Waals surface area contributed by atoms with E-state index >= 15 is 0 Å². The lowest BCUT2D eigenvalue weighted by Crippen LogP contribution is -2.37. The molecule has 2 aliphatic heterocycles. The third-order valence-electron chi connectivity index (χ3n) is 10.0. The molecule has 0 saturated heterocycles. The van der Waals surface area contributed by atoms with Crippen LogP contribution in [0.25, 0.3) is 0 Å². The number of rotatable bonds is 11. The van der Waals surface area contributed by atoms with Crippen molar-refractivity contribution in [2.45, 2.75) is 51.6 Å². The Labute approximate surface area is 365 Å². The third-order valence-corrected chi connectivity index (χ3v) is 10.0. The molecule has 8 N–H and O–H groups in total. The van der Waals surface area contributed by atoms with E-state index in [9.17, 15) is 36.7 Å². The number of carbonyl (C=O) groups is 4. The maximum Gasteiger partial charge on any atom is 0.356 e. The lowest BCUT2D eigenvalue weighted by molar-refractivity contribution is 0.0679. The quantitative estimate of drug-likeness (QED) is 0.0574. The number of nitrogens with two attached hydrogens (primary N) is 1. The van der Waals surface area contributed by atoms with E-state index in [0.29, 0.717) is 37.7 Å². The maximum atomic E-state index is 14.0. The van der Waals surface area contributed by atoms with Crippen molar-refractivity contribution in [2.24, 2.45) is 5.73 Å². The summed E-state index contributed by atoms with van der Waals surface area (Å²) in [6.07, 6.45) is 5.11. The van der Waals surface area contributed by atoms with E-state index in [-0.39, 0.29) is 29.4 Å². The van der Waals surface area contributed by atoms with Gasteiger partial charge in [0.15, 0.2) is 11.4 Å². The van der Waals surface area contributed by atoms with Crippen LogP contribution in [0.5, 0.6) is 0 Å². The zero-order chi connectivity index (χ0) is 46.0. The van der Waals surface area contributed by atoms with E-state index in [4.69, 9.17) is 15.9 Å². The van der Waals surface area contributed by atoms with E-state index in [1.165, 1.54) is 16.0 Å².